The molecule has 0 bridgehead atoms. The van der Waals surface area contributed by atoms with Crippen LogP contribution in [0, 0.1) is 5.41 Å². The summed E-state index contributed by atoms with van der Waals surface area (Å²) in [5.74, 6) is 0. The highest BCUT2D eigenvalue weighted by atomic mass is 16.5. The maximum atomic E-state index is 12.3. The van der Waals surface area contributed by atoms with E-state index in [0.717, 1.165) is 30.4 Å². The lowest BCUT2D eigenvalue weighted by atomic mass is 9.63. The molecule has 1 fully saturated rings. The number of carbonyl (C=O) groups excluding carboxylic acids is 1. The average Bonchev–Trinajstić information content (AvgIpc) is 2.60. The lowest BCUT2D eigenvalue weighted by molar-refractivity contribution is 0.00413. The van der Waals surface area contributed by atoms with Gasteiger partial charge >= 0.3 is 6.09 Å². The van der Waals surface area contributed by atoms with E-state index in [9.17, 15) is 9.90 Å². The van der Waals surface area contributed by atoms with Crippen LogP contribution in [0.1, 0.15) is 36.4 Å². The first-order valence-electron chi connectivity index (χ1n) is 8.36. The number of benzene rings is 2. The van der Waals surface area contributed by atoms with E-state index in [1.165, 1.54) is 0 Å². The third-order valence-corrected chi connectivity index (χ3v) is 4.88. The van der Waals surface area contributed by atoms with Crippen molar-refractivity contribution in [2.24, 2.45) is 5.41 Å². The predicted molar refractivity (Wildman–Crippen MR) is 92.3 cm³/mol. The molecule has 24 heavy (non-hydrogen) atoms. The summed E-state index contributed by atoms with van der Waals surface area (Å²) in [5, 5.41) is 12.9. The van der Waals surface area contributed by atoms with E-state index in [-0.39, 0.29) is 24.7 Å². The van der Waals surface area contributed by atoms with Crippen LogP contribution in [-0.2, 0) is 11.3 Å². The van der Waals surface area contributed by atoms with Crippen LogP contribution >= 0.6 is 0 Å². The largest absolute Gasteiger partial charge is 0.445 e. The molecule has 2 aromatic carbocycles. The van der Waals surface area contributed by atoms with Gasteiger partial charge in [0.05, 0.1) is 12.6 Å². The van der Waals surface area contributed by atoms with Crippen molar-refractivity contribution >= 4 is 6.09 Å². The van der Waals surface area contributed by atoms with Crippen LogP contribution in [0.3, 0.4) is 0 Å². The number of ether oxygens (including phenoxy) is 1. The predicted octanol–water partition coefficient (Wildman–Crippen LogP) is 3.82. The quantitative estimate of drug-likeness (QED) is 0.849. The average molecular weight is 325 g/mol. The first-order valence-corrected chi connectivity index (χ1v) is 8.36. The van der Waals surface area contributed by atoms with E-state index in [2.05, 4.69) is 5.32 Å². The minimum atomic E-state index is -0.451. The van der Waals surface area contributed by atoms with Gasteiger partial charge in [-0.25, -0.2) is 4.79 Å². The molecule has 0 saturated heterocycles. The molecule has 1 aliphatic rings. The van der Waals surface area contributed by atoms with Crippen molar-refractivity contribution in [1.82, 2.24) is 5.32 Å². The molecule has 2 aromatic rings. The first kappa shape index (κ1) is 16.5. The van der Waals surface area contributed by atoms with Crippen molar-refractivity contribution in [3.63, 3.8) is 0 Å². The Morgan fingerprint density at radius 1 is 1.08 bits per heavy atom. The minimum absolute atomic E-state index is 0.0610. The minimum Gasteiger partial charge on any atom is -0.445 e. The maximum absolute atomic E-state index is 12.3. The number of hydrogen-bond donors (Lipinski definition) is 2. The third-order valence-electron chi connectivity index (χ3n) is 4.88. The highest BCUT2D eigenvalue weighted by molar-refractivity contribution is 5.68. The molecule has 1 unspecified atom stereocenters. The second-order valence-electron chi connectivity index (χ2n) is 6.42. The fourth-order valence-electron chi connectivity index (χ4n) is 3.29. The molecule has 126 valence electrons. The number of rotatable bonds is 6. The van der Waals surface area contributed by atoms with Crippen molar-refractivity contribution in [3.8, 4) is 0 Å². The Morgan fingerprint density at radius 3 is 2.25 bits per heavy atom. The molecule has 0 aromatic heterocycles. The van der Waals surface area contributed by atoms with Crippen LogP contribution < -0.4 is 5.32 Å². The van der Waals surface area contributed by atoms with Gasteiger partial charge in [0, 0.05) is 5.41 Å². The summed E-state index contributed by atoms with van der Waals surface area (Å²) < 4.78 is 5.36. The lowest BCUT2D eigenvalue weighted by Gasteiger charge is -2.46. The molecule has 1 amide bonds. The van der Waals surface area contributed by atoms with Crippen molar-refractivity contribution in [2.45, 2.75) is 31.9 Å². The maximum Gasteiger partial charge on any atom is 0.407 e. The van der Waals surface area contributed by atoms with Gasteiger partial charge < -0.3 is 15.2 Å². The Balaban J connectivity index is 1.69. The summed E-state index contributed by atoms with van der Waals surface area (Å²) in [6.45, 7) is 0.297. The van der Waals surface area contributed by atoms with Crippen molar-refractivity contribution in [1.29, 1.82) is 0 Å². The standard InChI is InChI=1S/C20H23NO3/c22-15-20(12-7-13-20)18(17-10-5-2-6-11-17)21-19(23)24-14-16-8-3-1-4-9-16/h1-6,8-11,18,22H,7,12-15H2,(H,21,23). The summed E-state index contributed by atoms with van der Waals surface area (Å²) in [4.78, 5) is 12.3. The highest BCUT2D eigenvalue weighted by Gasteiger charge is 2.45. The normalized spacial score (nSPS) is 16.7. The Hall–Kier alpha value is -2.33. The molecule has 1 saturated carbocycles. The van der Waals surface area contributed by atoms with Gasteiger partial charge in [0.25, 0.3) is 0 Å². The van der Waals surface area contributed by atoms with Crippen molar-refractivity contribution < 1.29 is 14.6 Å². The molecule has 0 radical (unpaired) electrons. The summed E-state index contributed by atoms with van der Waals surface area (Å²) in [5.41, 5.74) is 1.67. The zero-order chi connectivity index (χ0) is 16.8. The molecular weight excluding hydrogens is 302 g/mol. The fourth-order valence-corrected chi connectivity index (χ4v) is 3.29. The Kier molecular flexibility index (Phi) is 5.16. The van der Waals surface area contributed by atoms with Gasteiger partial charge in [-0.1, -0.05) is 67.1 Å². The van der Waals surface area contributed by atoms with Gasteiger partial charge in [-0.15, -0.1) is 0 Å². The van der Waals surface area contributed by atoms with E-state index in [1.807, 2.05) is 60.7 Å². The van der Waals surface area contributed by atoms with Crippen LogP contribution in [0.5, 0.6) is 0 Å². The summed E-state index contributed by atoms with van der Waals surface area (Å²) in [6, 6.07) is 19.2. The third kappa shape index (κ3) is 3.60. The van der Waals surface area contributed by atoms with Gasteiger partial charge in [-0.05, 0) is 24.0 Å². The van der Waals surface area contributed by atoms with Crippen LogP contribution in [-0.4, -0.2) is 17.8 Å². The summed E-state index contributed by atoms with van der Waals surface area (Å²) >= 11 is 0. The van der Waals surface area contributed by atoms with Crippen LogP contribution in [0.15, 0.2) is 60.7 Å². The molecule has 1 atom stereocenters. The molecule has 0 heterocycles. The lowest BCUT2D eigenvalue weighted by Crippen LogP contribution is -2.47. The van der Waals surface area contributed by atoms with Crippen LogP contribution in [0.4, 0.5) is 4.79 Å². The van der Waals surface area contributed by atoms with Crippen molar-refractivity contribution in [2.75, 3.05) is 6.61 Å². The second-order valence-corrected chi connectivity index (χ2v) is 6.42. The highest BCUT2D eigenvalue weighted by Crippen LogP contribution is 2.49. The first-order chi connectivity index (χ1) is 11.7. The number of hydrogen-bond acceptors (Lipinski definition) is 3. The monoisotopic (exact) mass is 325 g/mol. The van der Waals surface area contributed by atoms with Gasteiger partial charge in [0.15, 0.2) is 0 Å². The zero-order valence-corrected chi connectivity index (χ0v) is 13.7. The van der Waals surface area contributed by atoms with E-state index >= 15 is 0 Å². The molecule has 4 heteroatoms. The number of aliphatic hydroxyl groups is 1. The van der Waals surface area contributed by atoms with Gasteiger partial charge in [0.1, 0.15) is 6.61 Å². The molecule has 1 aliphatic carbocycles. The van der Waals surface area contributed by atoms with Crippen LogP contribution in [0.2, 0.25) is 0 Å². The van der Waals surface area contributed by atoms with E-state index in [4.69, 9.17) is 4.74 Å². The molecule has 0 aliphatic heterocycles. The molecule has 2 N–H and O–H groups in total. The van der Waals surface area contributed by atoms with Crippen molar-refractivity contribution in [3.05, 3.63) is 71.8 Å². The second kappa shape index (κ2) is 7.49. The molecule has 3 rings (SSSR count). The SMILES string of the molecule is O=C(NC(c1ccccc1)C1(CO)CCC1)OCc1ccccc1. The topological polar surface area (TPSA) is 58.6 Å². The van der Waals surface area contributed by atoms with Gasteiger partial charge in [-0.2, -0.15) is 0 Å². The van der Waals surface area contributed by atoms with Gasteiger partial charge in [0.2, 0.25) is 0 Å². The number of nitrogens with one attached hydrogen (secondary N) is 1. The summed E-state index contributed by atoms with van der Waals surface area (Å²) in [7, 11) is 0. The van der Waals surface area contributed by atoms with Gasteiger partial charge in [-0.3, -0.25) is 0 Å². The number of aliphatic hydroxyl groups excluding tert-OH is 1. The zero-order valence-electron chi connectivity index (χ0n) is 13.7. The smallest absolute Gasteiger partial charge is 0.407 e. The van der Waals surface area contributed by atoms with E-state index in [0.29, 0.717) is 0 Å². The fraction of sp³-hybridized carbons (Fsp3) is 0.350. The number of carbonyl (C=O) groups is 1. The summed E-state index contributed by atoms with van der Waals surface area (Å²) in [6.07, 6.45) is 2.43. The Bertz CT molecular complexity index is 648. The molecular formula is C20H23NO3. The molecule has 4 nitrogen and oxygen atoms in total. The number of alkyl carbamates (subject to hydrolysis) is 1. The Morgan fingerprint density at radius 2 is 1.71 bits per heavy atom. The van der Waals surface area contributed by atoms with E-state index < -0.39 is 6.09 Å². The number of amides is 1. The molecule has 0 spiro atoms. The van der Waals surface area contributed by atoms with Crippen LogP contribution in [0.25, 0.3) is 0 Å². The van der Waals surface area contributed by atoms with E-state index in [1.54, 1.807) is 0 Å². The Labute approximate surface area is 142 Å².